The Kier molecular flexibility index (Phi) is 3.82. The summed E-state index contributed by atoms with van der Waals surface area (Å²) in [4.78, 5) is 19.0. The van der Waals surface area contributed by atoms with Gasteiger partial charge in [-0.05, 0) is 25.3 Å². The molecule has 1 aliphatic heterocycles. The number of aryl methyl sites for hydroxylation is 2. The monoisotopic (exact) mass is 303 g/mol. The molecule has 1 atom stereocenters. The number of nitrogen functional groups attached to an aromatic ring is 1. The lowest BCUT2D eigenvalue weighted by Gasteiger charge is -2.22. The number of carbonyl (C=O) groups excluding carboxylic acids is 1. The Morgan fingerprint density at radius 2 is 2.32 bits per heavy atom. The zero-order valence-corrected chi connectivity index (χ0v) is 12.9. The Labute approximate surface area is 128 Å². The van der Waals surface area contributed by atoms with E-state index in [1.54, 1.807) is 24.0 Å². The predicted molar refractivity (Wildman–Crippen MR) is 80.9 cm³/mol. The summed E-state index contributed by atoms with van der Waals surface area (Å²) in [5.41, 5.74) is 6.38. The molecule has 1 saturated heterocycles. The van der Waals surface area contributed by atoms with Crippen LogP contribution in [0.25, 0.3) is 0 Å². The molecule has 0 aromatic carbocycles. The quantitative estimate of drug-likeness (QED) is 0.908. The molecule has 0 spiro atoms. The first kappa shape index (κ1) is 14.6. The molecule has 2 N–H and O–H groups in total. The first-order valence-electron chi connectivity index (χ1n) is 7.61. The first-order chi connectivity index (χ1) is 10.6. The molecule has 22 heavy (non-hydrogen) atoms. The fraction of sp³-hybridized carbons (Fsp3) is 0.571. The van der Waals surface area contributed by atoms with Gasteiger partial charge < -0.3 is 10.6 Å². The Bertz CT molecular complexity index is 655. The molecular formula is C14H21N7O. The zero-order chi connectivity index (χ0) is 15.7. The highest BCUT2D eigenvalue weighted by molar-refractivity contribution is 5.93. The maximum Gasteiger partial charge on any atom is 0.272 e. The second kappa shape index (κ2) is 5.78. The van der Waals surface area contributed by atoms with Crippen molar-refractivity contribution >= 4 is 11.9 Å². The van der Waals surface area contributed by atoms with Crippen LogP contribution < -0.4 is 5.73 Å². The molecule has 3 rings (SSSR count). The molecule has 0 saturated carbocycles. The standard InChI is InChI=1S/C14H21N7O/c1-3-8-21-11(6-7-16-21)13(22)20-9-4-5-10(20)12-17-14(15)19(2)18-12/h6-7,10H,3-5,8-9H2,1-2H3,(H2,15,17,18). The van der Waals surface area contributed by atoms with E-state index in [0.717, 1.165) is 25.8 Å². The SMILES string of the molecule is CCCn1nccc1C(=O)N1CCCC1c1nc(N)n(C)n1. The third-order valence-electron chi connectivity index (χ3n) is 4.00. The third-order valence-corrected chi connectivity index (χ3v) is 4.00. The molecule has 0 bridgehead atoms. The largest absolute Gasteiger partial charge is 0.368 e. The van der Waals surface area contributed by atoms with Crippen LogP contribution in [0.3, 0.4) is 0 Å². The van der Waals surface area contributed by atoms with Crippen molar-refractivity contribution in [1.29, 1.82) is 0 Å². The van der Waals surface area contributed by atoms with Crippen molar-refractivity contribution in [3.05, 3.63) is 23.8 Å². The maximum absolute atomic E-state index is 12.9. The van der Waals surface area contributed by atoms with Gasteiger partial charge in [0, 0.05) is 26.3 Å². The van der Waals surface area contributed by atoms with Crippen molar-refractivity contribution in [3.63, 3.8) is 0 Å². The molecule has 118 valence electrons. The van der Waals surface area contributed by atoms with E-state index >= 15 is 0 Å². The number of hydrogen-bond donors (Lipinski definition) is 1. The highest BCUT2D eigenvalue weighted by atomic mass is 16.2. The van der Waals surface area contributed by atoms with Gasteiger partial charge >= 0.3 is 0 Å². The van der Waals surface area contributed by atoms with Gasteiger partial charge in [-0.15, -0.1) is 0 Å². The molecule has 8 heteroatoms. The molecule has 0 aliphatic carbocycles. The van der Waals surface area contributed by atoms with E-state index in [-0.39, 0.29) is 11.9 Å². The Balaban J connectivity index is 1.86. The van der Waals surface area contributed by atoms with E-state index in [4.69, 9.17) is 5.73 Å². The summed E-state index contributed by atoms with van der Waals surface area (Å²) < 4.78 is 3.30. The number of amides is 1. The normalized spacial score (nSPS) is 18.1. The van der Waals surface area contributed by atoms with Crippen LogP contribution in [0.4, 0.5) is 5.95 Å². The van der Waals surface area contributed by atoms with Crippen LogP contribution in [0, 0.1) is 0 Å². The van der Waals surface area contributed by atoms with E-state index < -0.39 is 0 Å². The lowest BCUT2D eigenvalue weighted by molar-refractivity contribution is 0.0716. The van der Waals surface area contributed by atoms with Gasteiger partial charge in [-0.25, -0.2) is 4.68 Å². The fourth-order valence-corrected chi connectivity index (χ4v) is 2.89. The predicted octanol–water partition coefficient (Wildman–Crippen LogP) is 0.981. The summed E-state index contributed by atoms with van der Waals surface area (Å²) in [6.45, 7) is 3.51. The zero-order valence-electron chi connectivity index (χ0n) is 12.9. The fourth-order valence-electron chi connectivity index (χ4n) is 2.89. The van der Waals surface area contributed by atoms with Gasteiger partial charge in [0.15, 0.2) is 5.82 Å². The first-order valence-corrected chi connectivity index (χ1v) is 7.61. The summed E-state index contributed by atoms with van der Waals surface area (Å²) in [5.74, 6) is 0.970. The molecule has 1 aliphatic rings. The molecule has 1 amide bonds. The van der Waals surface area contributed by atoms with Crippen LogP contribution >= 0.6 is 0 Å². The number of hydrogen-bond acceptors (Lipinski definition) is 5. The van der Waals surface area contributed by atoms with Crippen LogP contribution in [0.2, 0.25) is 0 Å². The van der Waals surface area contributed by atoms with Crippen molar-refractivity contribution < 1.29 is 4.79 Å². The van der Waals surface area contributed by atoms with Crippen molar-refractivity contribution in [2.75, 3.05) is 12.3 Å². The molecule has 2 aromatic rings. The van der Waals surface area contributed by atoms with Gasteiger partial charge in [0.2, 0.25) is 5.95 Å². The number of rotatable bonds is 4. The minimum Gasteiger partial charge on any atom is -0.368 e. The molecular weight excluding hydrogens is 282 g/mol. The summed E-state index contributed by atoms with van der Waals surface area (Å²) in [5, 5.41) is 8.56. The van der Waals surface area contributed by atoms with Crippen LogP contribution in [0.1, 0.15) is 48.5 Å². The van der Waals surface area contributed by atoms with Crippen molar-refractivity contribution in [2.45, 2.75) is 38.8 Å². The Morgan fingerprint density at radius 1 is 1.50 bits per heavy atom. The molecule has 1 fully saturated rings. The summed E-state index contributed by atoms with van der Waals surface area (Å²) in [6.07, 6.45) is 4.41. The highest BCUT2D eigenvalue weighted by Crippen LogP contribution is 2.31. The van der Waals surface area contributed by atoms with E-state index in [9.17, 15) is 4.79 Å². The second-order valence-corrected chi connectivity index (χ2v) is 5.55. The van der Waals surface area contributed by atoms with E-state index in [1.165, 1.54) is 4.68 Å². The van der Waals surface area contributed by atoms with Crippen LogP contribution in [-0.4, -0.2) is 41.9 Å². The molecule has 3 heterocycles. The minimum atomic E-state index is -0.110. The second-order valence-electron chi connectivity index (χ2n) is 5.55. The lowest BCUT2D eigenvalue weighted by atomic mass is 10.2. The van der Waals surface area contributed by atoms with Gasteiger partial charge in [0.1, 0.15) is 5.69 Å². The smallest absolute Gasteiger partial charge is 0.272 e. The van der Waals surface area contributed by atoms with Gasteiger partial charge in [-0.2, -0.15) is 15.2 Å². The Morgan fingerprint density at radius 3 is 3.00 bits per heavy atom. The maximum atomic E-state index is 12.9. The number of carbonyl (C=O) groups is 1. The minimum absolute atomic E-state index is 0.0144. The van der Waals surface area contributed by atoms with Crippen molar-refractivity contribution in [1.82, 2.24) is 29.4 Å². The van der Waals surface area contributed by atoms with E-state index in [0.29, 0.717) is 24.0 Å². The van der Waals surface area contributed by atoms with Crippen molar-refractivity contribution in [3.8, 4) is 0 Å². The Hall–Kier alpha value is -2.38. The average molecular weight is 303 g/mol. The van der Waals surface area contributed by atoms with Crippen LogP contribution in [0.5, 0.6) is 0 Å². The van der Waals surface area contributed by atoms with E-state index in [1.807, 2.05) is 4.90 Å². The average Bonchev–Trinajstić information content (AvgIpc) is 3.20. The van der Waals surface area contributed by atoms with Crippen LogP contribution in [-0.2, 0) is 13.6 Å². The van der Waals surface area contributed by atoms with Crippen LogP contribution in [0.15, 0.2) is 12.3 Å². The topological polar surface area (TPSA) is 94.9 Å². The third kappa shape index (κ3) is 2.44. The number of aromatic nitrogens is 5. The molecule has 0 radical (unpaired) electrons. The van der Waals surface area contributed by atoms with Gasteiger partial charge in [0.25, 0.3) is 5.91 Å². The molecule has 2 aromatic heterocycles. The number of nitrogens with two attached hydrogens (primary N) is 1. The van der Waals surface area contributed by atoms with Gasteiger partial charge in [0.05, 0.1) is 6.04 Å². The molecule has 1 unspecified atom stereocenters. The highest BCUT2D eigenvalue weighted by Gasteiger charge is 2.34. The summed E-state index contributed by atoms with van der Waals surface area (Å²) in [6, 6.07) is 1.66. The number of nitrogens with zero attached hydrogens (tertiary/aromatic N) is 6. The lowest BCUT2D eigenvalue weighted by Crippen LogP contribution is -2.33. The summed E-state index contributed by atoms with van der Waals surface area (Å²) >= 11 is 0. The van der Waals surface area contributed by atoms with Crippen molar-refractivity contribution in [2.24, 2.45) is 7.05 Å². The molecule has 8 nitrogen and oxygen atoms in total. The summed E-state index contributed by atoms with van der Waals surface area (Å²) in [7, 11) is 1.75. The number of likely N-dealkylation sites (tertiary alicyclic amines) is 1. The van der Waals surface area contributed by atoms with Gasteiger partial charge in [-0.1, -0.05) is 6.92 Å². The number of anilines is 1. The van der Waals surface area contributed by atoms with E-state index in [2.05, 4.69) is 22.1 Å². The van der Waals surface area contributed by atoms with Gasteiger partial charge in [-0.3, -0.25) is 9.48 Å².